The number of nitrogens with one attached hydrogen (secondary N) is 2. The summed E-state index contributed by atoms with van der Waals surface area (Å²) < 4.78 is 12.0. The second-order valence-electron chi connectivity index (χ2n) is 15.1. The lowest BCUT2D eigenvalue weighted by atomic mass is 9.93. The molecule has 7 unspecified atom stereocenters. The van der Waals surface area contributed by atoms with E-state index in [1.165, 1.54) is 11.3 Å². The molecule has 1 aromatic heterocycles. The number of likely N-dealkylation sites (tertiary alicyclic amines) is 1. The minimum absolute atomic E-state index is 0.0700. The zero-order valence-electron chi connectivity index (χ0n) is 31.5. The number of thiazole rings is 1. The number of hydrogen-bond donors (Lipinski definition) is 3. The van der Waals surface area contributed by atoms with Crippen molar-refractivity contribution in [2.75, 3.05) is 27.8 Å². The fourth-order valence-electron chi connectivity index (χ4n) is 7.19. The Kier molecular flexibility index (Phi) is 14.2. The van der Waals surface area contributed by atoms with E-state index in [0.29, 0.717) is 19.4 Å². The van der Waals surface area contributed by atoms with Crippen molar-refractivity contribution in [2.24, 2.45) is 23.5 Å². The highest BCUT2D eigenvalue weighted by atomic mass is 32.1. The van der Waals surface area contributed by atoms with Gasteiger partial charge in [-0.05, 0) is 63.4 Å². The maximum atomic E-state index is 14.1. The molecule has 1 aliphatic heterocycles. The van der Waals surface area contributed by atoms with Crippen molar-refractivity contribution in [3.63, 3.8) is 0 Å². The fraction of sp³-hybridized carbons (Fsp3) is 0.658. The Balaban J connectivity index is 1.46. The monoisotopic (exact) mass is 726 g/mol. The minimum atomic E-state index is -1.14. The molecule has 282 valence electrons. The number of hydrogen-bond acceptors (Lipinski definition) is 9. The predicted octanol–water partition coefficient (Wildman–Crippen LogP) is 3.71. The molecule has 1 saturated heterocycles. The molecule has 12 nitrogen and oxygen atoms in total. The summed E-state index contributed by atoms with van der Waals surface area (Å²) in [5.41, 5.74) is 5.97. The number of ether oxygens (including phenoxy) is 2. The largest absolute Gasteiger partial charge is 0.379 e. The number of methoxy groups -OCH3 is 2. The maximum absolute atomic E-state index is 14.1. The second kappa shape index (κ2) is 17.9. The van der Waals surface area contributed by atoms with Gasteiger partial charge in [0.15, 0.2) is 0 Å². The lowest BCUT2D eigenvalue weighted by molar-refractivity contribution is -0.147. The van der Waals surface area contributed by atoms with E-state index < -0.39 is 35.6 Å². The summed E-state index contributed by atoms with van der Waals surface area (Å²) in [5.74, 6) is -1.46. The molecule has 0 bridgehead atoms. The zero-order valence-corrected chi connectivity index (χ0v) is 32.3. The van der Waals surface area contributed by atoms with Crippen molar-refractivity contribution in [1.82, 2.24) is 25.4 Å². The maximum Gasteiger partial charge on any atom is 0.245 e. The number of nitrogens with zero attached hydrogens (tertiary/aromatic N) is 3. The standard InChI is InChI=1S/C38H58N6O6S/c1-23(2)31(42-37(48)38(4,5)39)36(47)43(6)32(26-16-17-26)29(49-7)22-30(45)44-19-12-15-28(44)33(50-8)24(3)34(46)41-27(35-40-18-20-51-35)21-25-13-10-9-11-14-25/h9-11,13-14,18,20,23-24,26-29,31-33H,12,15-17,19,21-22,39H2,1-8H3,(H,41,46)(H,42,48). The molecule has 0 radical (unpaired) electrons. The number of carbonyl (C=O) groups excluding carboxylic acids is 4. The van der Waals surface area contributed by atoms with Crippen molar-refractivity contribution in [2.45, 2.75) is 115 Å². The first-order chi connectivity index (χ1) is 24.2. The molecule has 13 heteroatoms. The molecule has 51 heavy (non-hydrogen) atoms. The highest BCUT2D eigenvalue weighted by Gasteiger charge is 2.46. The Bertz CT molecular complexity index is 1450. The summed E-state index contributed by atoms with van der Waals surface area (Å²) >= 11 is 1.50. The number of likely N-dealkylation sites (N-methyl/N-ethyl adjacent to an activating group) is 1. The quantitative estimate of drug-likeness (QED) is 0.210. The third kappa shape index (κ3) is 10.4. The van der Waals surface area contributed by atoms with Gasteiger partial charge in [-0.3, -0.25) is 19.2 Å². The Morgan fingerprint density at radius 3 is 2.29 bits per heavy atom. The van der Waals surface area contributed by atoms with Gasteiger partial charge in [-0.15, -0.1) is 11.3 Å². The first-order valence-electron chi connectivity index (χ1n) is 18.1. The van der Waals surface area contributed by atoms with Gasteiger partial charge in [0.25, 0.3) is 0 Å². The Morgan fingerprint density at radius 2 is 1.75 bits per heavy atom. The van der Waals surface area contributed by atoms with Crippen molar-refractivity contribution >= 4 is 35.0 Å². The van der Waals surface area contributed by atoms with Gasteiger partial charge in [0.2, 0.25) is 23.6 Å². The van der Waals surface area contributed by atoms with Crippen molar-refractivity contribution in [3.8, 4) is 0 Å². The average molecular weight is 727 g/mol. The van der Waals surface area contributed by atoms with Gasteiger partial charge in [0.1, 0.15) is 11.0 Å². The van der Waals surface area contributed by atoms with E-state index in [9.17, 15) is 19.2 Å². The van der Waals surface area contributed by atoms with Crippen LogP contribution in [-0.2, 0) is 35.1 Å². The minimum Gasteiger partial charge on any atom is -0.379 e. The molecule has 2 fully saturated rings. The van der Waals surface area contributed by atoms with Crippen molar-refractivity contribution < 1.29 is 28.7 Å². The van der Waals surface area contributed by atoms with Gasteiger partial charge in [-0.2, -0.15) is 0 Å². The highest BCUT2D eigenvalue weighted by Crippen LogP contribution is 2.39. The van der Waals surface area contributed by atoms with E-state index >= 15 is 0 Å². The molecule has 7 atom stereocenters. The van der Waals surface area contributed by atoms with Crippen LogP contribution >= 0.6 is 11.3 Å². The van der Waals surface area contributed by atoms with Gasteiger partial charge in [-0.25, -0.2) is 4.98 Å². The summed E-state index contributed by atoms with van der Waals surface area (Å²) in [5, 5.41) is 8.80. The summed E-state index contributed by atoms with van der Waals surface area (Å²) in [7, 11) is 4.90. The van der Waals surface area contributed by atoms with E-state index in [4.69, 9.17) is 15.2 Å². The van der Waals surface area contributed by atoms with E-state index in [2.05, 4.69) is 15.6 Å². The molecule has 1 aromatic carbocycles. The van der Waals surface area contributed by atoms with Gasteiger partial charge >= 0.3 is 0 Å². The summed E-state index contributed by atoms with van der Waals surface area (Å²) in [6.45, 7) is 9.37. The van der Waals surface area contributed by atoms with E-state index in [1.54, 1.807) is 46.2 Å². The molecule has 2 aliphatic rings. The average Bonchev–Trinajstić information content (AvgIpc) is 3.54. The number of benzene rings is 1. The first kappa shape index (κ1) is 40.4. The first-order valence-corrected chi connectivity index (χ1v) is 19.0. The predicted molar refractivity (Wildman–Crippen MR) is 198 cm³/mol. The van der Waals surface area contributed by atoms with Gasteiger partial charge in [0, 0.05) is 39.4 Å². The van der Waals surface area contributed by atoms with Gasteiger partial charge in [0.05, 0.1) is 48.2 Å². The number of carbonyl (C=O) groups is 4. The molecule has 4 amide bonds. The van der Waals surface area contributed by atoms with Crippen LogP contribution in [0.5, 0.6) is 0 Å². The van der Waals surface area contributed by atoms with Crippen LogP contribution in [0.3, 0.4) is 0 Å². The van der Waals surface area contributed by atoms with Crippen LogP contribution in [0.4, 0.5) is 0 Å². The smallest absolute Gasteiger partial charge is 0.245 e. The van der Waals surface area contributed by atoms with Crippen LogP contribution in [-0.4, -0.2) is 102 Å². The molecule has 1 aliphatic carbocycles. The van der Waals surface area contributed by atoms with Gasteiger partial charge in [-0.1, -0.05) is 51.1 Å². The molecule has 1 saturated carbocycles. The summed E-state index contributed by atoms with van der Waals surface area (Å²) in [4.78, 5) is 62.6. The molecular weight excluding hydrogens is 669 g/mol. The van der Waals surface area contributed by atoms with Crippen LogP contribution in [0.25, 0.3) is 0 Å². The Hall–Kier alpha value is -3.39. The third-order valence-corrected chi connectivity index (χ3v) is 11.2. The number of aromatic nitrogens is 1. The van der Waals surface area contributed by atoms with E-state index in [0.717, 1.165) is 29.8 Å². The number of amides is 4. The van der Waals surface area contributed by atoms with Crippen LogP contribution in [0.1, 0.15) is 83.3 Å². The number of rotatable bonds is 18. The molecule has 4 rings (SSSR count). The Morgan fingerprint density at radius 1 is 1.06 bits per heavy atom. The molecular formula is C38H58N6O6S. The fourth-order valence-corrected chi connectivity index (χ4v) is 7.88. The lowest BCUT2D eigenvalue weighted by Gasteiger charge is -2.39. The Labute approximate surface area is 307 Å². The van der Waals surface area contributed by atoms with Crippen molar-refractivity contribution in [3.05, 3.63) is 52.5 Å². The zero-order chi connectivity index (χ0) is 37.5. The normalized spacial score (nSPS) is 19.9. The van der Waals surface area contributed by atoms with Crippen LogP contribution in [0.15, 0.2) is 41.9 Å². The molecule has 2 aromatic rings. The van der Waals surface area contributed by atoms with Crippen LogP contribution < -0.4 is 16.4 Å². The van der Waals surface area contributed by atoms with E-state index in [1.807, 2.05) is 61.4 Å². The van der Waals surface area contributed by atoms with Crippen LogP contribution in [0.2, 0.25) is 0 Å². The van der Waals surface area contributed by atoms with Crippen molar-refractivity contribution in [1.29, 1.82) is 0 Å². The third-order valence-electron chi connectivity index (χ3n) is 10.3. The molecule has 2 heterocycles. The van der Waals surface area contributed by atoms with Crippen LogP contribution in [0, 0.1) is 17.8 Å². The lowest BCUT2D eigenvalue weighted by Crippen LogP contribution is -2.60. The topological polar surface area (TPSA) is 156 Å². The molecule has 0 spiro atoms. The van der Waals surface area contributed by atoms with E-state index in [-0.39, 0.29) is 54.1 Å². The second-order valence-corrected chi connectivity index (χ2v) is 16.0. The SMILES string of the molecule is COC(CC(=O)N1CCCC1C(OC)C(C)C(=O)NC(Cc1ccccc1)c1nccs1)C(C1CC1)N(C)C(=O)C(NC(=O)C(C)(C)N)C(C)C. The van der Waals surface area contributed by atoms with Gasteiger partial charge < -0.3 is 35.6 Å². The summed E-state index contributed by atoms with van der Waals surface area (Å²) in [6, 6.07) is 8.27. The molecule has 4 N–H and O–H groups in total. The number of nitrogens with two attached hydrogens (primary N) is 1. The summed E-state index contributed by atoms with van der Waals surface area (Å²) in [6.07, 6.45) is 4.65. The highest BCUT2D eigenvalue weighted by molar-refractivity contribution is 7.09.